The van der Waals surface area contributed by atoms with Crippen LogP contribution in [0.5, 0.6) is 0 Å². The molecule has 0 bridgehead atoms. The van der Waals surface area contributed by atoms with Gasteiger partial charge in [-0.3, -0.25) is 0 Å². The Bertz CT molecular complexity index is 352. The summed E-state index contributed by atoms with van der Waals surface area (Å²) in [4.78, 5) is 2.03. The molecule has 0 fully saturated rings. The number of nitrogens with zero attached hydrogens (tertiary/aromatic N) is 4. The molecule has 4 heteroatoms. The fourth-order valence-electron chi connectivity index (χ4n) is 1.68. The van der Waals surface area contributed by atoms with Crippen molar-refractivity contribution in [3.8, 4) is 6.07 Å². The highest BCUT2D eigenvalue weighted by Gasteiger charge is 2.15. The van der Waals surface area contributed by atoms with Gasteiger partial charge in [0.05, 0.1) is 11.8 Å². The summed E-state index contributed by atoms with van der Waals surface area (Å²) in [6, 6.07) is 4.24. The van der Waals surface area contributed by atoms with Crippen LogP contribution in [-0.2, 0) is 0 Å². The molecule has 1 heterocycles. The van der Waals surface area contributed by atoms with E-state index < -0.39 is 0 Å². The van der Waals surface area contributed by atoms with Gasteiger partial charge in [-0.2, -0.15) is 10.4 Å². The Morgan fingerprint density at radius 3 is 2.67 bits per heavy atom. The average Bonchev–Trinajstić information content (AvgIpc) is 2.30. The van der Waals surface area contributed by atoms with Crippen LogP contribution in [0, 0.1) is 11.3 Å². The highest BCUT2D eigenvalue weighted by molar-refractivity contribution is 5.52. The first-order valence-corrected chi connectivity index (χ1v) is 5.19. The number of hydrogen-bond acceptors (Lipinski definition) is 4. The van der Waals surface area contributed by atoms with Gasteiger partial charge in [0, 0.05) is 13.1 Å². The van der Waals surface area contributed by atoms with Crippen molar-refractivity contribution >= 4 is 5.82 Å². The number of nitriles is 1. The molecular weight excluding hydrogens is 188 g/mol. The van der Waals surface area contributed by atoms with Gasteiger partial charge >= 0.3 is 0 Å². The van der Waals surface area contributed by atoms with Gasteiger partial charge in [-0.15, -0.1) is 5.10 Å². The van der Waals surface area contributed by atoms with E-state index >= 15 is 0 Å². The first-order valence-electron chi connectivity index (χ1n) is 5.19. The summed E-state index contributed by atoms with van der Waals surface area (Å²) in [5.74, 6) is 0.675. The van der Waals surface area contributed by atoms with Gasteiger partial charge in [-0.25, -0.2) is 0 Å². The summed E-state index contributed by atoms with van der Waals surface area (Å²) in [5.41, 5.74) is 0.583. The zero-order chi connectivity index (χ0) is 11.3. The topological polar surface area (TPSA) is 52.8 Å². The van der Waals surface area contributed by atoms with Crippen LogP contribution in [0.2, 0.25) is 0 Å². The minimum absolute atomic E-state index is 0.411. The van der Waals surface area contributed by atoms with E-state index in [0.29, 0.717) is 17.4 Å². The van der Waals surface area contributed by atoms with Crippen molar-refractivity contribution in [2.45, 2.75) is 32.7 Å². The summed E-state index contributed by atoms with van der Waals surface area (Å²) in [7, 11) is 1.96. The molecule has 15 heavy (non-hydrogen) atoms. The molecule has 0 amide bonds. The van der Waals surface area contributed by atoms with Crippen LogP contribution in [0.4, 0.5) is 5.82 Å². The van der Waals surface area contributed by atoms with Crippen molar-refractivity contribution in [1.29, 1.82) is 5.26 Å². The lowest BCUT2D eigenvalue weighted by Crippen LogP contribution is -2.31. The summed E-state index contributed by atoms with van der Waals surface area (Å²) in [6.45, 7) is 4.26. The average molecular weight is 204 g/mol. The summed E-state index contributed by atoms with van der Waals surface area (Å²) < 4.78 is 0. The Morgan fingerprint density at radius 1 is 1.47 bits per heavy atom. The van der Waals surface area contributed by atoms with Gasteiger partial charge in [0.1, 0.15) is 6.07 Å². The third-order valence-corrected chi connectivity index (χ3v) is 2.65. The molecule has 1 aromatic rings. The van der Waals surface area contributed by atoms with E-state index in [9.17, 15) is 0 Å². The SMILES string of the molecule is CCC(CC)N(C)c1nnccc1C#N. The molecule has 0 radical (unpaired) electrons. The molecule has 0 N–H and O–H groups in total. The monoisotopic (exact) mass is 204 g/mol. The van der Waals surface area contributed by atoms with E-state index in [1.165, 1.54) is 0 Å². The Hall–Kier alpha value is -1.63. The van der Waals surface area contributed by atoms with E-state index in [4.69, 9.17) is 5.26 Å². The molecule has 0 saturated heterocycles. The van der Waals surface area contributed by atoms with E-state index in [1.807, 2.05) is 11.9 Å². The summed E-state index contributed by atoms with van der Waals surface area (Å²) in [5, 5.41) is 16.8. The number of anilines is 1. The van der Waals surface area contributed by atoms with E-state index in [1.54, 1.807) is 12.3 Å². The number of aromatic nitrogens is 2. The van der Waals surface area contributed by atoms with Crippen LogP contribution < -0.4 is 4.90 Å². The maximum Gasteiger partial charge on any atom is 0.169 e. The maximum absolute atomic E-state index is 8.95. The van der Waals surface area contributed by atoms with Crippen LogP contribution >= 0.6 is 0 Å². The number of rotatable bonds is 4. The molecular formula is C11H16N4. The fourth-order valence-corrected chi connectivity index (χ4v) is 1.68. The zero-order valence-corrected chi connectivity index (χ0v) is 9.44. The molecule has 1 rings (SSSR count). The predicted octanol–water partition coefficient (Wildman–Crippen LogP) is 1.97. The fraction of sp³-hybridized carbons (Fsp3) is 0.545. The van der Waals surface area contributed by atoms with Gasteiger partial charge in [-0.1, -0.05) is 13.8 Å². The molecule has 0 saturated carbocycles. The molecule has 0 unspecified atom stereocenters. The third-order valence-electron chi connectivity index (χ3n) is 2.65. The van der Waals surface area contributed by atoms with E-state index in [2.05, 4.69) is 30.1 Å². The van der Waals surface area contributed by atoms with Gasteiger partial charge in [0.15, 0.2) is 5.82 Å². The Morgan fingerprint density at radius 2 is 2.13 bits per heavy atom. The van der Waals surface area contributed by atoms with Crippen molar-refractivity contribution in [3.63, 3.8) is 0 Å². The predicted molar refractivity (Wildman–Crippen MR) is 59.5 cm³/mol. The molecule has 80 valence electrons. The molecule has 0 aliphatic carbocycles. The second-order valence-corrected chi connectivity index (χ2v) is 3.46. The summed E-state index contributed by atoms with van der Waals surface area (Å²) in [6.07, 6.45) is 3.62. The molecule has 0 aliphatic heterocycles. The zero-order valence-electron chi connectivity index (χ0n) is 9.44. The van der Waals surface area contributed by atoms with Crippen LogP contribution in [0.1, 0.15) is 32.3 Å². The van der Waals surface area contributed by atoms with Crippen molar-refractivity contribution in [1.82, 2.24) is 10.2 Å². The molecule has 0 aromatic carbocycles. The minimum atomic E-state index is 0.411. The molecule has 0 aliphatic rings. The minimum Gasteiger partial charge on any atom is -0.354 e. The number of hydrogen-bond donors (Lipinski definition) is 0. The highest BCUT2D eigenvalue weighted by Crippen LogP contribution is 2.18. The Balaban J connectivity index is 3.00. The normalized spacial score (nSPS) is 10.1. The third kappa shape index (κ3) is 2.44. The van der Waals surface area contributed by atoms with Crippen LogP contribution in [0.15, 0.2) is 12.3 Å². The summed E-state index contributed by atoms with van der Waals surface area (Å²) >= 11 is 0. The lowest BCUT2D eigenvalue weighted by atomic mass is 10.1. The van der Waals surface area contributed by atoms with Crippen molar-refractivity contribution in [2.24, 2.45) is 0 Å². The van der Waals surface area contributed by atoms with E-state index in [0.717, 1.165) is 12.8 Å². The van der Waals surface area contributed by atoms with Crippen LogP contribution in [0.25, 0.3) is 0 Å². The molecule has 0 spiro atoms. The maximum atomic E-state index is 8.95. The lowest BCUT2D eigenvalue weighted by Gasteiger charge is -2.27. The Kier molecular flexibility index (Phi) is 4.04. The standard InChI is InChI=1S/C11H16N4/c1-4-10(5-2)15(3)11-9(8-12)6-7-13-14-11/h6-7,10H,4-5H2,1-3H3. The van der Waals surface area contributed by atoms with Gasteiger partial charge in [0.2, 0.25) is 0 Å². The largest absolute Gasteiger partial charge is 0.354 e. The first kappa shape index (κ1) is 11.4. The van der Waals surface area contributed by atoms with Crippen molar-refractivity contribution < 1.29 is 0 Å². The van der Waals surface area contributed by atoms with Crippen molar-refractivity contribution in [3.05, 3.63) is 17.8 Å². The smallest absolute Gasteiger partial charge is 0.169 e. The van der Waals surface area contributed by atoms with E-state index in [-0.39, 0.29) is 0 Å². The molecule has 0 atom stereocenters. The molecule has 1 aromatic heterocycles. The van der Waals surface area contributed by atoms with Gasteiger partial charge in [0.25, 0.3) is 0 Å². The van der Waals surface area contributed by atoms with Crippen LogP contribution in [0.3, 0.4) is 0 Å². The first-order chi connectivity index (χ1) is 7.24. The van der Waals surface area contributed by atoms with Gasteiger partial charge in [-0.05, 0) is 18.9 Å². The van der Waals surface area contributed by atoms with Crippen LogP contribution in [-0.4, -0.2) is 23.3 Å². The lowest BCUT2D eigenvalue weighted by molar-refractivity contribution is 0.583. The van der Waals surface area contributed by atoms with Crippen molar-refractivity contribution in [2.75, 3.05) is 11.9 Å². The second-order valence-electron chi connectivity index (χ2n) is 3.46. The second kappa shape index (κ2) is 5.30. The highest BCUT2D eigenvalue weighted by atomic mass is 15.3. The van der Waals surface area contributed by atoms with Gasteiger partial charge < -0.3 is 4.90 Å². The quantitative estimate of drug-likeness (QED) is 0.752. The Labute approximate surface area is 90.5 Å². The molecule has 4 nitrogen and oxygen atoms in total.